The summed E-state index contributed by atoms with van der Waals surface area (Å²) in [7, 11) is 0. The Hall–Kier alpha value is -1.51. The molecule has 1 aliphatic heterocycles. The molecule has 1 aliphatic carbocycles. The number of hydrogen-bond acceptors (Lipinski definition) is 2. The zero-order chi connectivity index (χ0) is 17.5. The molecule has 0 radical (unpaired) electrons. The van der Waals surface area contributed by atoms with Gasteiger partial charge in [0.15, 0.2) is 11.6 Å². The molecule has 0 spiro atoms. The SMILES string of the molecule is CCCCCc1cc(O)c2c(c1F)OC(C)(C)[C@@H]1CCC(C)=C[C@@H]21. The van der Waals surface area contributed by atoms with E-state index in [1.54, 1.807) is 6.07 Å². The Bertz CT molecular complexity index is 660. The molecule has 1 heterocycles. The number of unbranched alkanes of at least 4 members (excludes halogenated alkanes) is 2. The van der Waals surface area contributed by atoms with Gasteiger partial charge >= 0.3 is 0 Å². The number of allylic oxidation sites excluding steroid dienone is 2. The highest BCUT2D eigenvalue weighted by atomic mass is 19.1. The van der Waals surface area contributed by atoms with Crippen LogP contribution >= 0.6 is 0 Å². The molecule has 3 heteroatoms. The number of rotatable bonds is 4. The van der Waals surface area contributed by atoms with Crippen LogP contribution in [0.25, 0.3) is 0 Å². The van der Waals surface area contributed by atoms with Crippen LogP contribution in [0.4, 0.5) is 4.39 Å². The molecule has 0 fully saturated rings. The quantitative estimate of drug-likeness (QED) is 0.551. The largest absolute Gasteiger partial charge is 0.507 e. The molecule has 1 N–H and O–H groups in total. The van der Waals surface area contributed by atoms with Gasteiger partial charge in [-0.1, -0.05) is 31.4 Å². The number of aryl methyl sites for hydroxylation is 1. The number of benzene rings is 1. The molecule has 0 unspecified atom stereocenters. The number of hydrogen-bond donors (Lipinski definition) is 1. The van der Waals surface area contributed by atoms with Crippen molar-refractivity contribution in [2.24, 2.45) is 5.92 Å². The summed E-state index contributed by atoms with van der Waals surface area (Å²) >= 11 is 0. The van der Waals surface area contributed by atoms with Gasteiger partial charge in [-0.3, -0.25) is 0 Å². The third-order valence-electron chi connectivity index (χ3n) is 5.70. The minimum atomic E-state index is -0.426. The van der Waals surface area contributed by atoms with E-state index in [0.29, 0.717) is 17.5 Å². The third-order valence-corrected chi connectivity index (χ3v) is 5.70. The summed E-state index contributed by atoms with van der Waals surface area (Å²) in [5.41, 5.74) is 2.11. The fourth-order valence-electron chi connectivity index (χ4n) is 4.33. The maximum absolute atomic E-state index is 15.1. The summed E-state index contributed by atoms with van der Waals surface area (Å²) in [6.45, 7) is 8.33. The molecule has 24 heavy (non-hydrogen) atoms. The van der Waals surface area contributed by atoms with Gasteiger partial charge in [-0.15, -0.1) is 0 Å². The molecule has 2 atom stereocenters. The number of fused-ring (bicyclic) bond motifs is 3. The Labute approximate surface area is 144 Å². The molecule has 0 bridgehead atoms. The highest BCUT2D eigenvalue weighted by molar-refractivity contribution is 5.55. The van der Waals surface area contributed by atoms with Crippen LogP contribution < -0.4 is 4.74 Å². The van der Waals surface area contributed by atoms with Gasteiger partial charge in [0.05, 0.1) is 0 Å². The first kappa shape index (κ1) is 17.3. The molecule has 2 aliphatic rings. The van der Waals surface area contributed by atoms with E-state index in [2.05, 4.69) is 19.9 Å². The lowest BCUT2D eigenvalue weighted by Crippen LogP contribution is -2.45. The lowest BCUT2D eigenvalue weighted by molar-refractivity contribution is 0.00671. The van der Waals surface area contributed by atoms with Gasteiger partial charge in [-0.2, -0.15) is 0 Å². The molecule has 0 saturated carbocycles. The normalized spacial score (nSPS) is 24.6. The van der Waals surface area contributed by atoms with Crippen LogP contribution in [0.5, 0.6) is 11.5 Å². The topological polar surface area (TPSA) is 29.5 Å². The second kappa shape index (κ2) is 6.42. The van der Waals surface area contributed by atoms with Crippen molar-refractivity contribution in [1.29, 1.82) is 0 Å². The Morgan fingerprint density at radius 1 is 1.33 bits per heavy atom. The van der Waals surface area contributed by atoms with Crippen molar-refractivity contribution < 1.29 is 14.2 Å². The molecule has 2 nitrogen and oxygen atoms in total. The third kappa shape index (κ3) is 2.94. The van der Waals surface area contributed by atoms with Crippen LogP contribution in [0.2, 0.25) is 0 Å². The molecule has 132 valence electrons. The molecule has 1 aromatic rings. The lowest BCUT2D eigenvalue weighted by Gasteiger charge is -2.46. The van der Waals surface area contributed by atoms with E-state index >= 15 is 4.39 Å². The van der Waals surface area contributed by atoms with Gasteiger partial charge in [-0.05, 0) is 58.1 Å². The summed E-state index contributed by atoms with van der Waals surface area (Å²) in [4.78, 5) is 0. The van der Waals surface area contributed by atoms with Crippen LogP contribution in [0, 0.1) is 11.7 Å². The lowest BCUT2D eigenvalue weighted by atomic mass is 9.68. The van der Waals surface area contributed by atoms with Gasteiger partial charge < -0.3 is 9.84 Å². The fourth-order valence-corrected chi connectivity index (χ4v) is 4.33. The molecule has 0 amide bonds. The van der Waals surface area contributed by atoms with Gasteiger partial charge in [0, 0.05) is 17.4 Å². The zero-order valence-corrected chi connectivity index (χ0v) is 15.3. The van der Waals surface area contributed by atoms with E-state index in [1.807, 2.05) is 13.8 Å². The number of aromatic hydroxyl groups is 1. The maximum Gasteiger partial charge on any atom is 0.168 e. The molecule has 1 aromatic carbocycles. The van der Waals surface area contributed by atoms with Crippen molar-refractivity contribution >= 4 is 0 Å². The van der Waals surface area contributed by atoms with Crippen LogP contribution in [-0.4, -0.2) is 10.7 Å². The predicted octanol–water partition coefficient (Wildman–Crippen LogP) is 5.87. The second-order valence-corrected chi connectivity index (χ2v) is 7.96. The van der Waals surface area contributed by atoms with Crippen molar-refractivity contribution in [1.82, 2.24) is 0 Å². The smallest absolute Gasteiger partial charge is 0.168 e. The highest BCUT2D eigenvalue weighted by Crippen LogP contribution is 2.54. The van der Waals surface area contributed by atoms with Crippen molar-refractivity contribution in [3.05, 3.63) is 34.7 Å². The summed E-state index contributed by atoms with van der Waals surface area (Å²) in [6.07, 6.45) is 7.99. The summed E-state index contributed by atoms with van der Waals surface area (Å²) in [5.74, 6) is 0.497. The van der Waals surface area contributed by atoms with Crippen molar-refractivity contribution in [2.45, 2.75) is 77.7 Å². The zero-order valence-electron chi connectivity index (χ0n) is 15.3. The van der Waals surface area contributed by atoms with E-state index in [1.165, 1.54) is 5.57 Å². The van der Waals surface area contributed by atoms with Gasteiger partial charge in [0.1, 0.15) is 11.4 Å². The minimum Gasteiger partial charge on any atom is -0.507 e. The Morgan fingerprint density at radius 3 is 2.79 bits per heavy atom. The predicted molar refractivity (Wildman–Crippen MR) is 95.2 cm³/mol. The van der Waals surface area contributed by atoms with Crippen LogP contribution in [0.1, 0.15) is 76.8 Å². The van der Waals surface area contributed by atoms with E-state index in [-0.39, 0.29) is 29.2 Å². The Kier molecular flexibility index (Phi) is 4.63. The van der Waals surface area contributed by atoms with E-state index in [0.717, 1.165) is 32.1 Å². The summed E-state index contributed by atoms with van der Waals surface area (Å²) in [6, 6.07) is 1.63. The maximum atomic E-state index is 15.1. The number of halogens is 1. The average molecular weight is 332 g/mol. The fraction of sp³-hybridized carbons (Fsp3) is 0.619. The summed E-state index contributed by atoms with van der Waals surface area (Å²) < 4.78 is 21.2. The highest BCUT2D eigenvalue weighted by Gasteiger charge is 2.46. The molecule has 0 saturated heterocycles. The number of ether oxygens (including phenoxy) is 1. The monoisotopic (exact) mass is 332 g/mol. The molecule has 3 rings (SSSR count). The average Bonchev–Trinajstić information content (AvgIpc) is 2.51. The van der Waals surface area contributed by atoms with E-state index in [9.17, 15) is 5.11 Å². The van der Waals surface area contributed by atoms with Crippen LogP contribution in [0.15, 0.2) is 17.7 Å². The van der Waals surface area contributed by atoms with E-state index in [4.69, 9.17) is 4.74 Å². The van der Waals surface area contributed by atoms with Gasteiger partial charge in [-0.25, -0.2) is 4.39 Å². The van der Waals surface area contributed by atoms with E-state index < -0.39 is 5.60 Å². The first-order valence-electron chi connectivity index (χ1n) is 9.25. The minimum absolute atomic E-state index is 0.0386. The molecular weight excluding hydrogens is 303 g/mol. The Balaban J connectivity index is 2.07. The first-order valence-corrected chi connectivity index (χ1v) is 9.25. The molecular formula is C21H29FO2. The number of phenolic OH excluding ortho intramolecular Hbond substituents is 1. The molecule has 0 aromatic heterocycles. The van der Waals surface area contributed by atoms with Crippen molar-refractivity contribution in [3.63, 3.8) is 0 Å². The summed E-state index contributed by atoms with van der Waals surface area (Å²) in [5, 5.41) is 10.6. The van der Waals surface area contributed by atoms with Gasteiger partial charge in [0.2, 0.25) is 0 Å². The van der Waals surface area contributed by atoms with Crippen LogP contribution in [-0.2, 0) is 6.42 Å². The van der Waals surface area contributed by atoms with Crippen molar-refractivity contribution in [3.8, 4) is 11.5 Å². The second-order valence-electron chi connectivity index (χ2n) is 7.96. The van der Waals surface area contributed by atoms with Crippen LogP contribution in [0.3, 0.4) is 0 Å². The van der Waals surface area contributed by atoms with Crippen molar-refractivity contribution in [2.75, 3.05) is 0 Å². The standard InChI is InChI=1S/C21H29FO2/c1-5-6-7-8-14-12-17(23)18-15-11-13(2)9-10-16(15)21(3,4)24-20(18)19(14)22/h11-12,15-16,23H,5-10H2,1-4H3/t15-,16-/m1/s1. The first-order chi connectivity index (χ1) is 11.3. The number of phenols is 1. The Morgan fingerprint density at radius 2 is 2.08 bits per heavy atom. The van der Waals surface area contributed by atoms with Gasteiger partial charge in [0.25, 0.3) is 0 Å².